The molecule has 0 saturated heterocycles. The van der Waals surface area contributed by atoms with Gasteiger partial charge in [0, 0.05) is 38.4 Å². The minimum absolute atomic E-state index is 0.0987. The molecular formula is C82H50N8. The van der Waals surface area contributed by atoms with Crippen LogP contribution < -0.4 is 0 Å². The van der Waals surface area contributed by atoms with E-state index in [-0.39, 0.29) is 5.92 Å². The molecular weight excluding hydrogens is 1100 g/mol. The van der Waals surface area contributed by atoms with Gasteiger partial charge in [0.2, 0.25) is 5.78 Å². The van der Waals surface area contributed by atoms with E-state index in [9.17, 15) is 5.26 Å². The first-order valence-electron chi connectivity index (χ1n) is 30.6. The normalized spacial score (nSPS) is 13.0. The third-order valence-electron chi connectivity index (χ3n) is 18.8. The van der Waals surface area contributed by atoms with Crippen molar-refractivity contribution >= 4 is 82.5 Å². The monoisotopic (exact) mass is 1150 g/mol. The van der Waals surface area contributed by atoms with E-state index in [4.69, 9.17) is 9.97 Å². The van der Waals surface area contributed by atoms with E-state index in [1.807, 2.05) is 0 Å². The van der Waals surface area contributed by atoms with Crippen LogP contribution in [0.1, 0.15) is 28.4 Å². The highest BCUT2D eigenvalue weighted by Crippen LogP contribution is 2.50. The lowest BCUT2D eigenvalue weighted by atomic mass is 9.88. The average Bonchev–Trinajstić information content (AvgIpc) is 1.55. The number of fused-ring (bicyclic) bond motifs is 16. The average molecular weight is 1150 g/mol. The van der Waals surface area contributed by atoms with E-state index < -0.39 is 0 Å². The lowest BCUT2D eigenvalue weighted by Crippen LogP contribution is -2.07. The van der Waals surface area contributed by atoms with Gasteiger partial charge in [0.05, 0.1) is 83.7 Å². The summed E-state index contributed by atoms with van der Waals surface area (Å²) in [6.07, 6.45) is 0. The Morgan fingerprint density at radius 1 is 0.311 bits per heavy atom. The number of nitrogens with zero attached hydrogens (tertiary/aromatic N) is 8. The molecule has 18 aromatic rings. The standard InChI is InChI=1S/C82H50N8/c83-50-64-78(56-38-42-65-73(47-56)89-72-45-54(51-21-5-1-6-22-51)37-41-63(72)80(81(89)84-65)53-25-9-3-10-26-53)76(87-67-33-17-13-29-59(67)60-30-14-18-34-68(60)87)49-77(88-69-35-19-15-31-61(69)62-32-16-20-36-70(62)88)79(64)57-39-43-66-74(48-57)90-75-46-55(52-23-7-2-8-24-52)40-44-71(75)86(82(90)85-66)58-27-11-4-12-28-58/h1-49,80H. The molecule has 0 spiro atoms. The van der Waals surface area contributed by atoms with Gasteiger partial charge in [0.1, 0.15) is 11.9 Å². The van der Waals surface area contributed by atoms with Crippen LogP contribution in [-0.4, -0.2) is 32.6 Å². The van der Waals surface area contributed by atoms with Crippen LogP contribution in [0.5, 0.6) is 0 Å². The quantitative estimate of drug-likeness (QED) is 0.152. The van der Waals surface area contributed by atoms with Crippen molar-refractivity contribution in [1.82, 2.24) is 32.6 Å². The van der Waals surface area contributed by atoms with Crippen LogP contribution in [0, 0.1) is 11.3 Å². The first-order chi connectivity index (χ1) is 44.6. The molecule has 0 aliphatic carbocycles. The molecule has 8 nitrogen and oxygen atoms in total. The van der Waals surface area contributed by atoms with E-state index in [1.165, 1.54) is 11.1 Å². The molecule has 19 rings (SSSR count). The van der Waals surface area contributed by atoms with Gasteiger partial charge in [-0.15, -0.1) is 0 Å². The summed E-state index contributed by atoms with van der Waals surface area (Å²) in [5.74, 6) is 1.66. The number of nitriles is 1. The van der Waals surface area contributed by atoms with Gasteiger partial charge in [-0.2, -0.15) is 5.26 Å². The molecule has 6 heterocycles. The summed E-state index contributed by atoms with van der Waals surface area (Å²) in [5.41, 5.74) is 24.5. The van der Waals surface area contributed by atoms with Crippen LogP contribution >= 0.6 is 0 Å². The Bertz CT molecular complexity index is 5930. The van der Waals surface area contributed by atoms with E-state index in [1.54, 1.807) is 0 Å². The largest absolute Gasteiger partial charge is 0.308 e. The predicted molar refractivity (Wildman–Crippen MR) is 367 cm³/mol. The number of hydrogen-bond acceptors (Lipinski definition) is 3. The van der Waals surface area contributed by atoms with E-state index in [0.717, 1.165) is 156 Å². The number of imidazole rings is 3. The Labute approximate surface area is 516 Å². The molecule has 13 aromatic carbocycles. The SMILES string of the molecule is N#Cc1c(-c2ccc3nc4n(c3c2)-c2cc(-c3ccccc3)ccc2C4c2ccccc2)c(-n2c3ccccc3c3ccccc32)cc(-n2c3ccccc3c3ccccc32)c1-c1ccc2nc3n(-c4ccccc4)c4ccc(-c5ccccc5)cc4n3c2c1. The van der Waals surface area contributed by atoms with Gasteiger partial charge < -0.3 is 9.13 Å². The summed E-state index contributed by atoms with van der Waals surface area (Å²) in [7, 11) is 0. The van der Waals surface area contributed by atoms with Crippen molar-refractivity contribution in [3.63, 3.8) is 0 Å². The van der Waals surface area contributed by atoms with Crippen molar-refractivity contribution in [2.24, 2.45) is 0 Å². The lowest BCUT2D eigenvalue weighted by Gasteiger charge is -2.23. The summed E-state index contributed by atoms with van der Waals surface area (Å²) >= 11 is 0. The molecule has 1 aliphatic heterocycles. The molecule has 1 unspecified atom stereocenters. The van der Waals surface area contributed by atoms with Crippen molar-refractivity contribution in [3.05, 3.63) is 320 Å². The summed E-state index contributed by atoms with van der Waals surface area (Å²) in [6, 6.07) is 109. The fourth-order valence-electron chi connectivity index (χ4n) is 14.9. The zero-order chi connectivity index (χ0) is 59.1. The maximum atomic E-state index is 12.7. The highest BCUT2D eigenvalue weighted by molar-refractivity contribution is 6.13. The van der Waals surface area contributed by atoms with Crippen LogP contribution in [0.2, 0.25) is 0 Å². The number of para-hydroxylation sites is 5. The molecule has 0 amide bonds. The van der Waals surface area contributed by atoms with Crippen LogP contribution in [0.15, 0.2) is 297 Å². The van der Waals surface area contributed by atoms with Crippen LogP contribution in [0.25, 0.3) is 150 Å². The highest BCUT2D eigenvalue weighted by Gasteiger charge is 2.35. The molecule has 0 N–H and O–H groups in total. The maximum Gasteiger partial charge on any atom is 0.220 e. The molecule has 0 saturated carbocycles. The van der Waals surface area contributed by atoms with Crippen LogP contribution in [0.4, 0.5) is 0 Å². The number of aromatic nitrogens is 7. The second kappa shape index (κ2) is 19.3. The fraction of sp³-hybridized carbons (Fsp3) is 0.0122. The lowest BCUT2D eigenvalue weighted by molar-refractivity contribution is 0.910. The maximum absolute atomic E-state index is 12.7. The van der Waals surface area contributed by atoms with Crippen molar-refractivity contribution in [1.29, 1.82) is 5.26 Å². The number of rotatable bonds is 8. The molecule has 0 radical (unpaired) electrons. The van der Waals surface area contributed by atoms with E-state index in [2.05, 4.69) is 326 Å². The Hall–Kier alpha value is -12.3. The third-order valence-corrected chi connectivity index (χ3v) is 18.8. The molecule has 1 atom stereocenters. The van der Waals surface area contributed by atoms with Gasteiger partial charge >= 0.3 is 0 Å². The predicted octanol–water partition coefficient (Wildman–Crippen LogP) is 20.0. The smallest absolute Gasteiger partial charge is 0.220 e. The van der Waals surface area contributed by atoms with Crippen molar-refractivity contribution in [2.75, 3.05) is 0 Å². The Balaban J connectivity index is 0.951. The first kappa shape index (κ1) is 49.9. The Morgan fingerprint density at radius 2 is 0.767 bits per heavy atom. The van der Waals surface area contributed by atoms with Gasteiger partial charge in [-0.05, 0) is 129 Å². The summed E-state index contributed by atoms with van der Waals surface area (Å²) in [4.78, 5) is 11.1. The number of benzene rings is 13. The molecule has 5 aromatic heterocycles. The van der Waals surface area contributed by atoms with E-state index >= 15 is 0 Å². The Kier molecular flexibility index (Phi) is 10.7. The first-order valence-corrected chi connectivity index (χ1v) is 30.6. The van der Waals surface area contributed by atoms with Gasteiger partial charge in [-0.3, -0.25) is 13.5 Å². The van der Waals surface area contributed by atoms with Gasteiger partial charge in [-0.1, -0.05) is 212 Å². The van der Waals surface area contributed by atoms with Crippen molar-refractivity contribution in [2.45, 2.75) is 5.92 Å². The highest BCUT2D eigenvalue weighted by atomic mass is 15.2. The van der Waals surface area contributed by atoms with Gasteiger partial charge in [0.25, 0.3) is 0 Å². The molecule has 0 bridgehead atoms. The molecule has 90 heavy (non-hydrogen) atoms. The second-order valence-corrected chi connectivity index (χ2v) is 23.6. The summed E-state index contributed by atoms with van der Waals surface area (Å²) < 4.78 is 11.7. The zero-order valence-electron chi connectivity index (χ0n) is 48.4. The van der Waals surface area contributed by atoms with Gasteiger partial charge in [0.15, 0.2) is 0 Å². The van der Waals surface area contributed by atoms with Crippen molar-refractivity contribution in [3.8, 4) is 73.3 Å². The Morgan fingerprint density at radius 3 is 1.32 bits per heavy atom. The molecule has 1 aliphatic rings. The molecule has 8 heteroatoms. The molecule has 0 fully saturated rings. The number of hydrogen-bond donors (Lipinski definition) is 0. The van der Waals surface area contributed by atoms with Crippen LogP contribution in [-0.2, 0) is 0 Å². The second-order valence-electron chi connectivity index (χ2n) is 23.6. The zero-order valence-corrected chi connectivity index (χ0v) is 48.4. The van der Waals surface area contributed by atoms with E-state index in [0.29, 0.717) is 5.56 Å². The van der Waals surface area contributed by atoms with Crippen LogP contribution in [0.3, 0.4) is 0 Å². The molecule has 418 valence electrons. The topological polar surface area (TPSA) is 73.7 Å². The third kappa shape index (κ3) is 7.23. The fourth-order valence-corrected chi connectivity index (χ4v) is 14.9. The van der Waals surface area contributed by atoms with Crippen molar-refractivity contribution < 1.29 is 0 Å². The minimum atomic E-state index is -0.0987. The summed E-state index contributed by atoms with van der Waals surface area (Å²) in [5, 5.41) is 17.2. The minimum Gasteiger partial charge on any atom is -0.308 e. The summed E-state index contributed by atoms with van der Waals surface area (Å²) in [6.45, 7) is 0. The van der Waals surface area contributed by atoms with Gasteiger partial charge in [-0.25, -0.2) is 9.97 Å².